The van der Waals surface area contributed by atoms with Crippen molar-refractivity contribution >= 4 is 0 Å². The zero-order chi connectivity index (χ0) is 20.6. The van der Waals surface area contributed by atoms with Crippen LogP contribution in [-0.4, -0.2) is 0 Å². The van der Waals surface area contributed by atoms with Crippen LogP contribution >= 0.6 is 0 Å². The van der Waals surface area contributed by atoms with Crippen molar-refractivity contribution in [1.82, 2.24) is 0 Å². The molecule has 0 N–H and O–H groups in total. The van der Waals surface area contributed by atoms with Gasteiger partial charge in [-0.25, -0.2) is 8.78 Å². The van der Waals surface area contributed by atoms with E-state index in [0.29, 0.717) is 23.5 Å². The van der Waals surface area contributed by atoms with Gasteiger partial charge in [0.05, 0.1) is 0 Å². The van der Waals surface area contributed by atoms with Crippen LogP contribution in [0.1, 0.15) is 82.3 Å². The van der Waals surface area contributed by atoms with E-state index in [2.05, 4.69) is 19.1 Å². The molecular formula is C27H34F2. The zero-order valence-electron chi connectivity index (χ0n) is 17.9. The van der Waals surface area contributed by atoms with Gasteiger partial charge in [-0.3, -0.25) is 0 Å². The van der Waals surface area contributed by atoms with Crippen molar-refractivity contribution in [2.24, 2.45) is 5.92 Å². The molecule has 2 aromatic carbocycles. The molecule has 0 radical (unpaired) electrons. The maximum Gasteiger partial charge on any atom is 0.166 e. The second-order valence-corrected chi connectivity index (χ2v) is 8.49. The van der Waals surface area contributed by atoms with Crippen molar-refractivity contribution in [3.05, 3.63) is 71.3 Å². The Labute approximate surface area is 175 Å². The fraction of sp³-hybridized carbons (Fsp3) is 0.481. The third kappa shape index (κ3) is 5.56. The lowest BCUT2D eigenvalue weighted by molar-refractivity contribution is 0.304. The second kappa shape index (κ2) is 10.7. The van der Waals surface area contributed by atoms with E-state index in [4.69, 9.17) is 0 Å². The van der Waals surface area contributed by atoms with Crippen LogP contribution in [0.4, 0.5) is 8.78 Å². The molecule has 1 saturated carbocycles. The molecule has 0 heterocycles. The monoisotopic (exact) mass is 396 g/mol. The van der Waals surface area contributed by atoms with Gasteiger partial charge in [0.2, 0.25) is 0 Å². The van der Waals surface area contributed by atoms with Crippen molar-refractivity contribution in [2.45, 2.75) is 77.6 Å². The molecule has 3 rings (SSSR count). The molecule has 0 bridgehead atoms. The molecule has 2 heteroatoms. The summed E-state index contributed by atoms with van der Waals surface area (Å²) in [6.07, 6.45) is 14.3. The molecule has 0 aliphatic heterocycles. The lowest BCUT2D eigenvalue weighted by Crippen LogP contribution is -2.13. The average molecular weight is 397 g/mol. The summed E-state index contributed by atoms with van der Waals surface area (Å²) in [5.74, 6) is 0.0695. The lowest BCUT2D eigenvalue weighted by atomic mass is 9.77. The summed E-state index contributed by atoms with van der Waals surface area (Å²) in [6.45, 7) is 4.20. The minimum Gasteiger partial charge on any atom is -0.203 e. The standard InChI is InChI=1S/C27H34F2/c1-3-5-7-9-24-18-19-25(27(29)26(24)28)23-16-14-22(15-17-23)21-12-10-20(11-13-21)8-6-4-2/h3,5,14-21H,4,6-13H2,1-2H3/b5-3+. The molecule has 1 aliphatic carbocycles. The molecule has 0 spiro atoms. The fourth-order valence-electron chi connectivity index (χ4n) is 4.62. The second-order valence-electron chi connectivity index (χ2n) is 8.49. The number of aryl methyl sites for hydroxylation is 1. The van der Waals surface area contributed by atoms with E-state index in [1.807, 2.05) is 31.2 Å². The summed E-state index contributed by atoms with van der Waals surface area (Å²) in [5.41, 5.74) is 2.89. The minimum atomic E-state index is -0.729. The molecule has 29 heavy (non-hydrogen) atoms. The number of hydrogen-bond acceptors (Lipinski definition) is 0. The van der Waals surface area contributed by atoms with Gasteiger partial charge in [-0.1, -0.05) is 74.7 Å². The Balaban J connectivity index is 1.67. The number of rotatable bonds is 8. The molecule has 156 valence electrons. The molecule has 0 nitrogen and oxygen atoms in total. The normalized spacial score (nSPS) is 19.7. The highest BCUT2D eigenvalue weighted by Gasteiger charge is 2.22. The van der Waals surface area contributed by atoms with Gasteiger partial charge in [-0.2, -0.15) is 0 Å². The first-order chi connectivity index (χ1) is 14.1. The van der Waals surface area contributed by atoms with Crippen LogP contribution in [0, 0.1) is 17.6 Å². The summed E-state index contributed by atoms with van der Waals surface area (Å²) < 4.78 is 29.1. The quantitative estimate of drug-likeness (QED) is 0.392. The largest absolute Gasteiger partial charge is 0.203 e. The van der Waals surface area contributed by atoms with Crippen molar-refractivity contribution < 1.29 is 8.78 Å². The number of benzene rings is 2. The molecule has 2 aromatic rings. The molecule has 1 aliphatic rings. The zero-order valence-corrected chi connectivity index (χ0v) is 17.9. The SMILES string of the molecule is C/C=C/CCc1ccc(-c2ccc(C3CCC(CCCC)CC3)cc2)c(F)c1F. The van der Waals surface area contributed by atoms with Gasteiger partial charge >= 0.3 is 0 Å². The number of allylic oxidation sites excluding steroid dienone is 2. The van der Waals surface area contributed by atoms with Crippen LogP contribution in [0.3, 0.4) is 0 Å². The molecular weight excluding hydrogens is 362 g/mol. The fourth-order valence-corrected chi connectivity index (χ4v) is 4.62. The smallest absolute Gasteiger partial charge is 0.166 e. The predicted octanol–water partition coefficient (Wildman–Crippen LogP) is 8.60. The van der Waals surface area contributed by atoms with E-state index in [-0.39, 0.29) is 0 Å². The van der Waals surface area contributed by atoms with Crippen LogP contribution in [-0.2, 0) is 6.42 Å². The molecule has 0 atom stereocenters. The first kappa shape index (κ1) is 21.7. The maximum absolute atomic E-state index is 14.7. The van der Waals surface area contributed by atoms with Crippen molar-refractivity contribution in [2.75, 3.05) is 0 Å². The lowest BCUT2D eigenvalue weighted by Gasteiger charge is -2.29. The Morgan fingerprint density at radius 1 is 0.931 bits per heavy atom. The van der Waals surface area contributed by atoms with Crippen LogP contribution in [0.25, 0.3) is 11.1 Å². The van der Waals surface area contributed by atoms with Crippen LogP contribution in [0.15, 0.2) is 48.6 Å². The van der Waals surface area contributed by atoms with E-state index in [1.54, 1.807) is 12.1 Å². The van der Waals surface area contributed by atoms with Gasteiger partial charge in [0.15, 0.2) is 11.6 Å². The van der Waals surface area contributed by atoms with E-state index >= 15 is 0 Å². The van der Waals surface area contributed by atoms with Gasteiger partial charge in [0, 0.05) is 5.56 Å². The van der Waals surface area contributed by atoms with Crippen molar-refractivity contribution in [3.8, 4) is 11.1 Å². The van der Waals surface area contributed by atoms with E-state index in [0.717, 1.165) is 17.9 Å². The third-order valence-electron chi connectivity index (χ3n) is 6.48. The molecule has 0 saturated heterocycles. The Morgan fingerprint density at radius 3 is 2.31 bits per heavy atom. The summed E-state index contributed by atoms with van der Waals surface area (Å²) in [4.78, 5) is 0. The molecule has 0 aromatic heterocycles. The molecule has 0 unspecified atom stereocenters. The number of hydrogen-bond donors (Lipinski definition) is 0. The summed E-state index contributed by atoms with van der Waals surface area (Å²) in [6, 6.07) is 11.6. The molecule has 0 amide bonds. The summed E-state index contributed by atoms with van der Waals surface area (Å²) >= 11 is 0. The highest BCUT2D eigenvalue weighted by molar-refractivity contribution is 5.65. The van der Waals surface area contributed by atoms with Crippen LogP contribution < -0.4 is 0 Å². The first-order valence-corrected chi connectivity index (χ1v) is 11.3. The molecule has 1 fully saturated rings. The van der Waals surface area contributed by atoms with Gasteiger partial charge in [0.1, 0.15) is 0 Å². The highest BCUT2D eigenvalue weighted by atomic mass is 19.2. The topological polar surface area (TPSA) is 0 Å². The Bertz CT molecular complexity index is 796. The first-order valence-electron chi connectivity index (χ1n) is 11.3. The Kier molecular flexibility index (Phi) is 8.03. The predicted molar refractivity (Wildman–Crippen MR) is 119 cm³/mol. The third-order valence-corrected chi connectivity index (χ3v) is 6.48. The summed E-state index contributed by atoms with van der Waals surface area (Å²) in [7, 11) is 0. The van der Waals surface area contributed by atoms with Gasteiger partial charge < -0.3 is 0 Å². The van der Waals surface area contributed by atoms with Gasteiger partial charge in [-0.05, 0) is 74.0 Å². The van der Waals surface area contributed by atoms with E-state index in [1.165, 1.54) is 50.5 Å². The van der Waals surface area contributed by atoms with E-state index in [9.17, 15) is 8.78 Å². The minimum absolute atomic E-state index is 0.354. The average Bonchev–Trinajstić information content (AvgIpc) is 2.76. The maximum atomic E-state index is 14.7. The number of halogens is 2. The highest BCUT2D eigenvalue weighted by Crippen LogP contribution is 2.38. The van der Waals surface area contributed by atoms with Crippen LogP contribution in [0.2, 0.25) is 0 Å². The van der Waals surface area contributed by atoms with Gasteiger partial charge in [-0.15, -0.1) is 0 Å². The van der Waals surface area contributed by atoms with Gasteiger partial charge in [0.25, 0.3) is 0 Å². The van der Waals surface area contributed by atoms with Crippen molar-refractivity contribution in [3.63, 3.8) is 0 Å². The van der Waals surface area contributed by atoms with Crippen molar-refractivity contribution in [1.29, 1.82) is 0 Å². The Hall–Kier alpha value is -1.96. The van der Waals surface area contributed by atoms with Crippen LogP contribution in [0.5, 0.6) is 0 Å². The van der Waals surface area contributed by atoms with E-state index < -0.39 is 11.6 Å². The Morgan fingerprint density at radius 2 is 1.66 bits per heavy atom. The number of unbranched alkanes of at least 4 members (excludes halogenated alkanes) is 1. The summed E-state index contributed by atoms with van der Waals surface area (Å²) in [5, 5.41) is 0.